The molecule has 0 unspecified atom stereocenters. The van der Waals surface area contributed by atoms with E-state index in [1.54, 1.807) is 0 Å². The predicted octanol–water partition coefficient (Wildman–Crippen LogP) is 3.36. The van der Waals surface area contributed by atoms with Crippen molar-refractivity contribution in [3.63, 3.8) is 0 Å². The Bertz CT molecular complexity index is 406. The average molecular weight is 315 g/mol. The first-order valence-corrected chi connectivity index (χ1v) is 7.65. The molecule has 0 atom stereocenters. The molecule has 2 rings (SSSR count). The average Bonchev–Trinajstić information content (AvgIpc) is 2.23. The Morgan fingerprint density at radius 1 is 1.47 bits per heavy atom. The molecule has 1 fully saturated rings. The van der Waals surface area contributed by atoms with Gasteiger partial charge < -0.3 is 5.73 Å². The van der Waals surface area contributed by atoms with Gasteiger partial charge in [0.1, 0.15) is 0 Å². The molecule has 0 bridgehead atoms. The zero-order chi connectivity index (χ0) is 12.5. The molecule has 1 aliphatic heterocycles. The van der Waals surface area contributed by atoms with Crippen molar-refractivity contribution in [3.8, 4) is 0 Å². The van der Waals surface area contributed by atoms with E-state index in [9.17, 15) is 0 Å². The summed E-state index contributed by atoms with van der Waals surface area (Å²) >= 11 is 5.64. The van der Waals surface area contributed by atoms with Crippen molar-refractivity contribution in [2.45, 2.75) is 25.1 Å². The highest BCUT2D eigenvalue weighted by atomic mass is 79.9. The maximum Gasteiger partial charge on any atom is 0.0461 e. The summed E-state index contributed by atoms with van der Waals surface area (Å²) in [5, 5.41) is 0. The lowest BCUT2D eigenvalue weighted by molar-refractivity contribution is 0.252. The molecule has 1 aromatic rings. The van der Waals surface area contributed by atoms with Crippen LogP contribution in [0.25, 0.3) is 0 Å². The molecule has 1 aromatic carbocycles. The Balaban J connectivity index is 2.08. The topological polar surface area (TPSA) is 29.3 Å². The predicted molar refractivity (Wildman–Crippen MR) is 80.4 cm³/mol. The van der Waals surface area contributed by atoms with Crippen molar-refractivity contribution in [1.29, 1.82) is 0 Å². The van der Waals surface area contributed by atoms with Gasteiger partial charge in [-0.05, 0) is 41.4 Å². The first-order valence-electron chi connectivity index (χ1n) is 5.87. The molecular weight excluding hydrogens is 296 g/mol. The Labute approximate surface area is 116 Å². The number of thioether (sulfide) groups is 1. The number of rotatable bonds is 2. The summed E-state index contributed by atoms with van der Waals surface area (Å²) in [4.78, 5) is 2.51. The zero-order valence-corrected chi connectivity index (χ0v) is 12.8. The second-order valence-corrected chi connectivity index (χ2v) is 7.73. The molecule has 0 saturated carbocycles. The first kappa shape index (κ1) is 13.2. The van der Waals surface area contributed by atoms with Gasteiger partial charge in [-0.2, -0.15) is 11.8 Å². The highest BCUT2D eigenvalue weighted by Gasteiger charge is 2.27. The number of anilines is 1. The van der Waals surface area contributed by atoms with Gasteiger partial charge in [-0.15, -0.1) is 0 Å². The fourth-order valence-corrected chi connectivity index (χ4v) is 3.78. The van der Waals surface area contributed by atoms with Crippen LogP contribution in [0.2, 0.25) is 0 Å². The summed E-state index contributed by atoms with van der Waals surface area (Å²) in [6.45, 7) is 7.92. The van der Waals surface area contributed by atoms with Gasteiger partial charge in [-0.1, -0.05) is 12.1 Å². The maximum absolute atomic E-state index is 5.91. The molecule has 1 saturated heterocycles. The first-order chi connectivity index (χ1) is 7.98. The van der Waals surface area contributed by atoms with E-state index in [0.29, 0.717) is 4.75 Å². The highest BCUT2D eigenvalue weighted by molar-refractivity contribution is 9.10. The number of hydrogen-bond acceptors (Lipinski definition) is 3. The number of benzene rings is 1. The van der Waals surface area contributed by atoms with Gasteiger partial charge >= 0.3 is 0 Å². The van der Waals surface area contributed by atoms with E-state index in [-0.39, 0.29) is 0 Å². The molecule has 0 radical (unpaired) electrons. The van der Waals surface area contributed by atoms with E-state index in [1.807, 2.05) is 12.1 Å². The SMILES string of the molecule is CC1(C)CN(Cc2cccc(N)c2Br)CCS1. The van der Waals surface area contributed by atoms with Crippen LogP contribution >= 0.6 is 27.7 Å². The lowest BCUT2D eigenvalue weighted by Gasteiger charge is -2.37. The van der Waals surface area contributed by atoms with E-state index >= 15 is 0 Å². The Morgan fingerprint density at radius 2 is 2.24 bits per heavy atom. The number of hydrogen-bond donors (Lipinski definition) is 1. The van der Waals surface area contributed by atoms with Gasteiger partial charge in [0, 0.05) is 40.3 Å². The maximum atomic E-state index is 5.91. The van der Waals surface area contributed by atoms with Crippen LogP contribution in [0.3, 0.4) is 0 Å². The van der Waals surface area contributed by atoms with Crippen LogP contribution in [-0.4, -0.2) is 28.5 Å². The molecule has 2 nitrogen and oxygen atoms in total. The van der Waals surface area contributed by atoms with Crippen LogP contribution in [-0.2, 0) is 6.54 Å². The Hall–Kier alpha value is -0.190. The Morgan fingerprint density at radius 3 is 2.94 bits per heavy atom. The van der Waals surface area contributed by atoms with Crippen LogP contribution in [0.4, 0.5) is 5.69 Å². The van der Waals surface area contributed by atoms with Crippen molar-refractivity contribution in [2.24, 2.45) is 0 Å². The van der Waals surface area contributed by atoms with Crippen molar-refractivity contribution in [3.05, 3.63) is 28.2 Å². The van der Waals surface area contributed by atoms with Crippen molar-refractivity contribution in [1.82, 2.24) is 4.90 Å². The summed E-state index contributed by atoms with van der Waals surface area (Å²) in [7, 11) is 0. The highest BCUT2D eigenvalue weighted by Crippen LogP contribution is 2.31. The number of nitrogens with zero attached hydrogens (tertiary/aromatic N) is 1. The molecule has 0 aliphatic carbocycles. The van der Waals surface area contributed by atoms with E-state index in [0.717, 1.165) is 29.8 Å². The number of nitrogen functional groups attached to an aromatic ring is 1. The van der Waals surface area contributed by atoms with E-state index < -0.39 is 0 Å². The third-order valence-corrected chi connectivity index (χ3v) is 5.27. The zero-order valence-electron chi connectivity index (χ0n) is 10.4. The smallest absolute Gasteiger partial charge is 0.0461 e. The third kappa shape index (κ3) is 3.39. The monoisotopic (exact) mass is 314 g/mol. The molecule has 0 spiro atoms. The summed E-state index contributed by atoms with van der Waals surface area (Å²) in [5.74, 6) is 1.22. The van der Waals surface area contributed by atoms with Crippen LogP contribution < -0.4 is 5.73 Å². The molecule has 94 valence electrons. The van der Waals surface area contributed by atoms with Gasteiger partial charge in [-0.3, -0.25) is 4.90 Å². The normalized spacial score (nSPS) is 20.4. The van der Waals surface area contributed by atoms with Gasteiger partial charge in [0.15, 0.2) is 0 Å². The van der Waals surface area contributed by atoms with Gasteiger partial charge in [0.2, 0.25) is 0 Å². The van der Waals surface area contributed by atoms with E-state index in [1.165, 1.54) is 11.3 Å². The molecular formula is C13H19BrN2S. The lowest BCUT2D eigenvalue weighted by Crippen LogP contribution is -2.42. The summed E-state index contributed by atoms with van der Waals surface area (Å²) < 4.78 is 1.42. The minimum Gasteiger partial charge on any atom is -0.398 e. The summed E-state index contributed by atoms with van der Waals surface area (Å²) in [6.07, 6.45) is 0. The fraction of sp³-hybridized carbons (Fsp3) is 0.538. The van der Waals surface area contributed by atoms with Crippen molar-refractivity contribution in [2.75, 3.05) is 24.6 Å². The van der Waals surface area contributed by atoms with Gasteiger partial charge in [0.25, 0.3) is 0 Å². The second-order valence-electron chi connectivity index (χ2n) is 5.14. The Kier molecular flexibility index (Phi) is 4.06. The molecule has 2 N–H and O–H groups in total. The number of nitrogens with two attached hydrogens (primary N) is 1. The summed E-state index contributed by atoms with van der Waals surface area (Å²) in [5.41, 5.74) is 8.02. The molecule has 1 heterocycles. The van der Waals surface area contributed by atoms with Crippen LogP contribution in [0.1, 0.15) is 19.4 Å². The number of halogens is 1. The van der Waals surface area contributed by atoms with Crippen LogP contribution in [0.5, 0.6) is 0 Å². The molecule has 0 aromatic heterocycles. The summed E-state index contributed by atoms with van der Waals surface area (Å²) in [6, 6.07) is 6.11. The van der Waals surface area contributed by atoms with Crippen molar-refractivity contribution >= 4 is 33.4 Å². The van der Waals surface area contributed by atoms with Gasteiger partial charge in [0.05, 0.1) is 0 Å². The lowest BCUT2D eigenvalue weighted by atomic mass is 10.1. The van der Waals surface area contributed by atoms with Crippen LogP contribution in [0.15, 0.2) is 22.7 Å². The second kappa shape index (κ2) is 5.21. The minimum atomic E-state index is 0.366. The van der Waals surface area contributed by atoms with Crippen molar-refractivity contribution < 1.29 is 0 Å². The standard InChI is InChI=1S/C13H19BrN2S/c1-13(2)9-16(6-7-17-13)8-10-4-3-5-11(15)12(10)14/h3-5H,6-9,15H2,1-2H3. The van der Waals surface area contributed by atoms with Gasteiger partial charge in [-0.25, -0.2) is 0 Å². The minimum absolute atomic E-state index is 0.366. The molecule has 0 amide bonds. The van der Waals surface area contributed by atoms with E-state index in [2.05, 4.69) is 52.5 Å². The molecule has 1 aliphatic rings. The third-order valence-electron chi connectivity index (χ3n) is 3.01. The van der Waals surface area contributed by atoms with E-state index in [4.69, 9.17) is 5.73 Å². The fourth-order valence-electron chi connectivity index (χ4n) is 2.21. The quantitative estimate of drug-likeness (QED) is 0.849. The largest absolute Gasteiger partial charge is 0.398 e. The van der Waals surface area contributed by atoms with Crippen LogP contribution in [0, 0.1) is 0 Å². The molecule has 4 heteroatoms. The molecule has 17 heavy (non-hydrogen) atoms.